The lowest BCUT2D eigenvalue weighted by atomic mass is 10.2. The number of sulfone groups is 1. The predicted octanol–water partition coefficient (Wildman–Crippen LogP) is 3.04. The van der Waals surface area contributed by atoms with Crippen LogP contribution in [0.15, 0.2) is 59.8 Å². The van der Waals surface area contributed by atoms with Gasteiger partial charge in [-0.1, -0.05) is 53.7 Å². The number of nitrogens with zero attached hydrogens (tertiary/aromatic N) is 3. The predicted molar refractivity (Wildman–Crippen MR) is 122 cm³/mol. The second-order valence-corrected chi connectivity index (χ2v) is 10.9. The number of rotatable bonds is 7. The first kappa shape index (κ1) is 21.9. The van der Waals surface area contributed by atoms with E-state index in [-0.39, 0.29) is 29.2 Å². The molecule has 1 aliphatic rings. The smallest absolute Gasteiger partial charge is 0.230 e. The first-order valence-electron chi connectivity index (χ1n) is 9.75. The van der Waals surface area contributed by atoms with Gasteiger partial charge in [0.05, 0.1) is 23.8 Å². The standard InChI is InChI=1S/C21H21ClN4O3S2/c22-17-8-6-16(7-9-17)20-24-25-21(26(20)12-15-4-2-1-3-5-15)30-13-19(27)23-18-10-11-31(28,29)14-18/h1-9,18H,10-14H2,(H,23,27). The molecule has 7 nitrogen and oxygen atoms in total. The highest BCUT2D eigenvalue weighted by atomic mass is 35.5. The van der Waals surface area contributed by atoms with E-state index in [1.807, 2.05) is 47.0 Å². The average Bonchev–Trinajstić information content (AvgIpc) is 3.30. The highest BCUT2D eigenvalue weighted by Gasteiger charge is 2.29. The van der Waals surface area contributed by atoms with Gasteiger partial charge >= 0.3 is 0 Å². The fourth-order valence-corrected chi connectivity index (χ4v) is 5.97. The maximum Gasteiger partial charge on any atom is 0.230 e. The number of nitrogens with one attached hydrogen (secondary N) is 1. The molecule has 1 aromatic heterocycles. The summed E-state index contributed by atoms with van der Waals surface area (Å²) in [6, 6.07) is 17.0. The topological polar surface area (TPSA) is 93.9 Å². The van der Waals surface area contributed by atoms with Crippen LogP contribution < -0.4 is 5.32 Å². The average molecular weight is 477 g/mol. The van der Waals surface area contributed by atoms with Gasteiger partial charge in [-0.3, -0.25) is 9.36 Å². The van der Waals surface area contributed by atoms with Crippen molar-refractivity contribution in [1.29, 1.82) is 0 Å². The van der Waals surface area contributed by atoms with Gasteiger partial charge in [0.15, 0.2) is 20.8 Å². The van der Waals surface area contributed by atoms with Crippen LogP contribution in [0.25, 0.3) is 11.4 Å². The van der Waals surface area contributed by atoms with Crippen molar-refractivity contribution in [1.82, 2.24) is 20.1 Å². The zero-order valence-electron chi connectivity index (χ0n) is 16.6. The molecule has 162 valence electrons. The van der Waals surface area contributed by atoms with E-state index in [0.29, 0.717) is 29.0 Å². The zero-order valence-corrected chi connectivity index (χ0v) is 19.0. The first-order valence-corrected chi connectivity index (χ1v) is 12.9. The number of halogens is 1. The fraction of sp³-hybridized carbons (Fsp3) is 0.286. The van der Waals surface area contributed by atoms with E-state index in [0.717, 1.165) is 11.1 Å². The van der Waals surface area contributed by atoms with Crippen LogP contribution >= 0.6 is 23.4 Å². The summed E-state index contributed by atoms with van der Waals surface area (Å²) in [6.07, 6.45) is 0.462. The number of carbonyl (C=O) groups excluding carboxylic acids is 1. The van der Waals surface area contributed by atoms with Crippen molar-refractivity contribution < 1.29 is 13.2 Å². The van der Waals surface area contributed by atoms with Gasteiger partial charge in [-0.2, -0.15) is 0 Å². The summed E-state index contributed by atoms with van der Waals surface area (Å²) >= 11 is 7.29. The van der Waals surface area contributed by atoms with Gasteiger partial charge in [-0.05, 0) is 36.2 Å². The van der Waals surface area contributed by atoms with Gasteiger partial charge in [-0.15, -0.1) is 10.2 Å². The summed E-state index contributed by atoms with van der Waals surface area (Å²) in [7, 11) is -3.04. The highest BCUT2D eigenvalue weighted by molar-refractivity contribution is 7.99. The summed E-state index contributed by atoms with van der Waals surface area (Å²) in [5.41, 5.74) is 1.96. The number of aromatic nitrogens is 3. The lowest BCUT2D eigenvalue weighted by Gasteiger charge is -2.12. The fourth-order valence-electron chi connectivity index (χ4n) is 3.42. The monoisotopic (exact) mass is 476 g/mol. The Morgan fingerprint density at radius 2 is 1.87 bits per heavy atom. The lowest BCUT2D eigenvalue weighted by molar-refractivity contribution is -0.119. The summed E-state index contributed by atoms with van der Waals surface area (Å²) in [5.74, 6) is 0.735. The van der Waals surface area contributed by atoms with Gasteiger partial charge in [0.1, 0.15) is 0 Å². The third-order valence-electron chi connectivity index (χ3n) is 4.93. The number of benzene rings is 2. The number of hydrogen-bond donors (Lipinski definition) is 1. The molecular weight excluding hydrogens is 456 g/mol. The van der Waals surface area contributed by atoms with Crippen molar-refractivity contribution in [2.45, 2.75) is 24.2 Å². The van der Waals surface area contributed by atoms with Gasteiger partial charge in [0.25, 0.3) is 0 Å². The molecular formula is C21H21ClN4O3S2. The van der Waals surface area contributed by atoms with Crippen molar-refractivity contribution in [2.75, 3.05) is 17.3 Å². The Morgan fingerprint density at radius 1 is 1.13 bits per heavy atom. The molecule has 1 aliphatic heterocycles. The Balaban J connectivity index is 1.51. The van der Waals surface area contributed by atoms with Crippen molar-refractivity contribution in [3.8, 4) is 11.4 Å². The molecule has 1 amide bonds. The molecule has 2 aromatic carbocycles. The molecule has 0 bridgehead atoms. The summed E-state index contributed by atoms with van der Waals surface area (Å²) < 4.78 is 25.2. The molecule has 0 spiro atoms. The molecule has 4 rings (SSSR count). The molecule has 1 saturated heterocycles. The summed E-state index contributed by atoms with van der Waals surface area (Å²) in [4.78, 5) is 12.4. The Bertz CT molecular complexity index is 1170. The maximum absolute atomic E-state index is 12.4. The molecule has 1 unspecified atom stereocenters. The number of amides is 1. The quantitative estimate of drug-likeness (QED) is 0.527. The van der Waals surface area contributed by atoms with E-state index >= 15 is 0 Å². The largest absolute Gasteiger partial charge is 0.352 e. The van der Waals surface area contributed by atoms with E-state index in [1.165, 1.54) is 11.8 Å². The van der Waals surface area contributed by atoms with Crippen LogP contribution in [0.4, 0.5) is 0 Å². The molecule has 2 heterocycles. The molecule has 0 saturated carbocycles. The van der Waals surface area contributed by atoms with E-state index in [9.17, 15) is 13.2 Å². The Kier molecular flexibility index (Phi) is 6.64. The van der Waals surface area contributed by atoms with Crippen LogP contribution in [-0.4, -0.2) is 52.4 Å². The second kappa shape index (κ2) is 9.42. The van der Waals surface area contributed by atoms with Crippen molar-refractivity contribution in [3.63, 3.8) is 0 Å². The molecule has 0 aliphatic carbocycles. The Labute approximate surface area is 190 Å². The molecule has 10 heteroatoms. The molecule has 3 aromatic rings. The van der Waals surface area contributed by atoms with E-state index in [1.54, 1.807) is 12.1 Å². The van der Waals surface area contributed by atoms with E-state index < -0.39 is 9.84 Å². The summed E-state index contributed by atoms with van der Waals surface area (Å²) in [6.45, 7) is 0.552. The molecule has 1 atom stereocenters. The zero-order chi connectivity index (χ0) is 21.8. The van der Waals surface area contributed by atoms with Gasteiger partial charge in [0, 0.05) is 16.6 Å². The van der Waals surface area contributed by atoms with E-state index in [2.05, 4.69) is 15.5 Å². The molecule has 0 radical (unpaired) electrons. The highest BCUT2D eigenvalue weighted by Crippen LogP contribution is 2.26. The van der Waals surface area contributed by atoms with Crippen molar-refractivity contribution in [3.05, 3.63) is 65.2 Å². The molecule has 1 fully saturated rings. The Morgan fingerprint density at radius 3 is 2.55 bits per heavy atom. The Hall–Kier alpha value is -2.36. The van der Waals surface area contributed by atoms with Crippen LogP contribution in [-0.2, 0) is 21.2 Å². The van der Waals surface area contributed by atoms with Crippen LogP contribution in [0.1, 0.15) is 12.0 Å². The van der Waals surface area contributed by atoms with E-state index in [4.69, 9.17) is 11.6 Å². The summed E-state index contributed by atoms with van der Waals surface area (Å²) in [5, 5.41) is 12.7. The van der Waals surface area contributed by atoms with Crippen LogP contribution in [0.5, 0.6) is 0 Å². The van der Waals surface area contributed by atoms with Crippen LogP contribution in [0, 0.1) is 0 Å². The van der Waals surface area contributed by atoms with Crippen molar-refractivity contribution in [2.24, 2.45) is 0 Å². The van der Waals surface area contributed by atoms with Crippen LogP contribution in [0.3, 0.4) is 0 Å². The van der Waals surface area contributed by atoms with Gasteiger partial charge in [0.2, 0.25) is 5.91 Å². The lowest BCUT2D eigenvalue weighted by Crippen LogP contribution is -2.36. The van der Waals surface area contributed by atoms with Gasteiger partial charge < -0.3 is 5.32 Å². The third-order valence-corrected chi connectivity index (χ3v) is 7.92. The second-order valence-electron chi connectivity index (χ2n) is 7.34. The molecule has 1 N–H and O–H groups in total. The maximum atomic E-state index is 12.4. The molecule has 31 heavy (non-hydrogen) atoms. The third kappa shape index (κ3) is 5.66. The number of carbonyl (C=O) groups is 1. The van der Waals surface area contributed by atoms with Crippen molar-refractivity contribution >= 4 is 39.1 Å². The number of thioether (sulfide) groups is 1. The first-order chi connectivity index (χ1) is 14.9. The minimum Gasteiger partial charge on any atom is -0.352 e. The number of hydrogen-bond acceptors (Lipinski definition) is 6. The minimum atomic E-state index is -3.04. The minimum absolute atomic E-state index is 0.00825. The van der Waals surface area contributed by atoms with Gasteiger partial charge in [-0.25, -0.2) is 8.42 Å². The SMILES string of the molecule is O=C(CSc1nnc(-c2ccc(Cl)cc2)n1Cc1ccccc1)NC1CCS(=O)(=O)C1. The van der Waals surface area contributed by atoms with Crippen LogP contribution in [0.2, 0.25) is 5.02 Å². The normalized spacial score (nSPS) is 17.5.